The van der Waals surface area contributed by atoms with Crippen LogP contribution in [-0.4, -0.2) is 24.6 Å². The first kappa shape index (κ1) is 16.1. The van der Waals surface area contributed by atoms with E-state index in [-0.39, 0.29) is 5.54 Å². The van der Waals surface area contributed by atoms with Gasteiger partial charge in [-0.15, -0.1) is 11.3 Å². The Hall–Kier alpha value is -2.43. The van der Waals surface area contributed by atoms with Crippen LogP contribution in [-0.2, 0) is 0 Å². The predicted molar refractivity (Wildman–Crippen MR) is 109 cm³/mol. The largest absolute Gasteiger partial charge is 0.388 e. The van der Waals surface area contributed by atoms with E-state index in [0.29, 0.717) is 0 Å². The van der Waals surface area contributed by atoms with Gasteiger partial charge in [-0.25, -0.2) is 4.98 Å². The van der Waals surface area contributed by atoms with Crippen LogP contribution < -0.4 is 10.6 Å². The van der Waals surface area contributed by atoms with Crippen LogP contribution in [0.3, 0.4) is 0 Å². The molecule has 0 saturated heterocycles. The second kappa shape index (κ2) is 6.47. The molecule has 3 aromatic rings. The van der Waals surface area contributed by atoms with E-state index in [4.69, 9.17) is 4.98 Å². The van der Waals surface area contributed by atoms with Gasteiger partial charge in [-0.2, -0.15) is 0 Å². The van der Waals surface area contributed by atoms with Crippen molar-refractivity contribution in [2.24, 2.45) is 0 Å². The molecule has 1 atom stereocenters. The van der Waals surface area contributed by atoms with Crippen molar-refractivity contribution < 1.29 is 0 Å². The van der Waals surface area contributed by atoms with Crippen molar-refractivity contribution in [1.82, 2.24) is 15.6 Å². The van der Waals surface area contributed by atoms with Crippen LogP contribution in [0.15, 0.2) is 66.4 Å². The first-order chi connectivity index (χ1) is 12.2. The summed E-state index contributed by atoms with van der Waals surface area (Å²) in [6.07, 6.45) is 11.8. The maximum atomic E-state index is 4.87. The van der Waals surface area contributed by atoms with E-state index in [9.17, 15) is 0 Å². The van der Waals surface area contributed by atoms with Gasteiger partial charge < -0.3 is 10.6 Å². The van der Waals surface area contributed by atoms with Gasteiger partial charge in [0.05, 0.1) is 15.8 Å². The molecule has 126 valence electrons. The molecule has 1 aliphatic rings. The standard InChI is InChI=1S/C21H21N3S/c1-22-16-9-12-21(23-2,13-10-16)14-11-19-24-20-17-6-4-3-5-15(17)7-8-18(20)25-19/h3-12,14,22-23H,13H2,1-2H3. The minimum atomic E-state index is -0.153. The average molecular weight is 347 g/mol. The van der Waals surface area contributed by atoms with Crippen LogP contribution in [0, 0.1) is 0 Å². The van der Waals surface area contributed by atoms with Crippen molar-refractivity contribution in [1.29, 1.82) is 0 Å². The zero-order valence-corrected chi connectivity index (χ0v) is 15.2. The summed E-state index contributed by atoms with van der Waals surface area (Å²) in [5, 5.41) is 10.1. The van der Waals surface area contributed by atoms with Crippen LogP contribution in [0.2, 0.25) is 0 Å². The molecule has 25 heavy (non-hydrogen) atoms. The number of fused-ring (bicyclic) bond motifs is 3. The lowest BCUT2D eigenvalue weighted by atomic mass is 9.90. The van der Waals surface area contributed by atoms with Crippen LogP contribution >= 0.6 is 11.3 Å². The average Bonchev–Trinajstić information content (AvgIpc) is 3.10. The summed E-state index contributed by atoms with van der Waals surface area (Å²) in [7, 11) is 3.95. The summed E-state index contributed by atoms with van der Waals surface area (Å²) >= 11 is 1.74. The van der Waals surface area contributed by atoms with Crippen molar-refractivity contribution in [3.63, 3.8) is 0 Å². The summed E-state index contributed by atoms with van der Waals surface area (Å²) in [5.41, 5.74) is 2.10. The fourth-order valence-corrected chi connectivity index (χ4v) is 4.09. The van der Waals surface area contributed by atoms with Gasteiger partial charge in [0.15, 0.2) is 0 Å². The first-order valence-corrected chi connectivity index (χ1v) is 9.28. The second-order valence-electron chi connectivity index (χ2n) is 6.26. The Morgan fingerprint density at radius 2 is 2.04 bits per heavy atom. The highest BCUT2D eigenvalue weighted by atomic mass is 32.1. The van der Waals surface area contributed by atoms with Crippen LogP contribution in [0.1, 0.15) is 11.4 Å². The molecule has 0 radical (unpaired) electrons. The van der Waals surface area contributed by atoms with Crippen molar-refractivity contribution in [3.05, 3.63) is 71.4 Å². The number of rotatable bonds is 4. The van der Waals surface area contributed by atoms with Gasteiger partial charge in [-0.05, 0) is 37.1 Å². The number of nitrogens with zero attached hydrogens (tertiary/aromatic N) is 1. The molecule has 1 heterocycles. The van der Waals surface area contributed by atoms with E-state index in [2.05, 4.69) is 77.4 Å². The predicted octanol–water partition coefficient (Wildman–Crippen LogP) is 4.48. The van der Waals surface area contributed by atoms with Gasteiger partial charge >= 0.3 is 0 Å². The molecule has 3 nitrogen and oxygen atoms in total. The number of aromatic nitrogens is 1. The Balaban J connectivity index is 1.68. The highest BCUT2D eigenvalue weighted by molar-refractivity contribution is 7.19. The van der Waals surface area contributed by atoms with Gasteiger partial charge in [-0.3, -0.25) is 0 Å². The Bertz CT molecular complexity index is 1010. The summed E-state index contributed by atoms with van der Waals surface area (Å²) < 4.78 is 1.23. The molecule has 2 aromatic carbocycles. The smallest absolute Gasteiger partial charge is 0.117 e. The molecule has 4 heteroatoms. The molecule has 2 N–H and O–H groups in total. The molecular weight excluding hydrogens is 326 g/mol. The van der Waals surface area contributed by atoms with E-state index in [1.165, 1.54) is 15.5 Å². The Morgan fingerprint density at radius 1 is 1.16 bits per heavy atom. The molecule has 0 fully saturated rings. The van der Waals surface area contributed by atoms with Gasteiger partial charge in [0, 0.05) is 18.1 Å². The van der Waals surface area contributed by atoms with Crippen molar-refractivity contribution in [2.75, 3.05) is 14.1 Å². The minimum Gasteiger partial charge on any atom is -0.388 e. The van der Waals surface area contributed by atoms with Gasteiger partial charge in [0.1, 0.15) is 5.01 Å². The number of allylic oxidation sites excluding steroid dienone is 1. The van der Waals surface area contributed by atoms with Gasteiger partial charge in [0.2, 0.25) is 0 Å². The van der Waals surface area contributed by atoms with Crippen LogP contribution in [0.4, 0.5) is 0 Å². The SMILES string of the molecule is CNC1=CCC(C=Cc2nc3c(ccc4ccccc43)s2)(NC)C=C1. The lowest BCUT2D eigenvalue weighted by molar-refractivity contribution is 0.536. The Labute approximate surface area is 151 Å². The third-order valence-electron chi connectivity index (χ3n) is 4.80. The molecule has 0 aliphatic heterocycles. The van der Waals surface area contributed by atoms with Crippen LogP contribution in [0.5, 0.6) is 0 Å². The summed E-state index contributed by atoms with van der Waals surface area (Å²) in [4.78, 5) is 4.87. The lowest BCUT2D eigenvalue weighted by Gasteiger charge is -2.28. The fraction of sp³-hybridized carbons (Fsp3) is 0.190. The van der Waals surface area contributed by atoms with Gasteiger partial charge in [0.25, 0.3) is 0 Å². The number of nitrogens with one attached hydrogen (secondary N) is 2. The second-order valence-corrected chi connectivity index (χ2v) is 7.32. The Kier molecular flexibility index (Phi) is 4.15. The van der Waals surface area contributed by atoms with E-state index in [0.717, 1.165) is 22.6 Å². The Morgan fingerprint density at radius 3 is 2.80 bits per heavy atom. The highest BCUT2D eigenvalue weighted by Crippen LogP contribution is 2.30. The summed E-state index contributed by atoms with van der Waals surface area (Å²) in [5.74, 6) is 0. The van der Waals surface area contributed by atoms with Crippen molar-refractivity contribution >= 4 is 38.4 Å². The van der Waals surface area contributed by atoms with Crippen molar-refractivity contribution in [2.45, 2.75) is 12.0 Å². The number of hydrogen-bond donors (Lipinski definition) is 2. The van der Waals surface area contributed by atoms with Crippen LogP contribution in [0.25, 0.3) is 27.1 Å². The summed E-state index contributed by atoms with van der Waals surface area (Å²) in [6.45, 7) is 0. The fourth-order valence-electron chi connectivity index (χ4n) is 3.20. The van der Waals surface area contributed by atoms with E-state index < -0.39 is 0 Å². The monoisotopic (exact) mass is 347 g/mol. The molecular formula is C21H21N3S. The highest BCUT2D eigenvalue weighted by Gasteiger charge is 2.23. The molecule has 4 rings (SSSR count). The lowest BCUT2D eigenvalue weighted by Crippen LogP contribution is -2.39. The summed E-state index contributed by atoms with van der Waals surface area (Å²) in [6, 6.07) is 12.8. The number of hydrogen-bond acceptors (Lipinski definition) is 4. The molecule has 1 aliphatic carbocycles. The normalized spacial score (nSPS) is 20.5. The van der Waals surface area contributed by atoms with Gasteiger partial charge in [-0.1, -0.05) is 48.6 Å². The molecule has 0 bridgehead atoms. The molecule has 0 amide bonds. The quantitative estimate of drug-likeness (QED) is 0.730. The number of benzene rings is 2. The molecule has 0 spiro atoms. The molecule has 1 unspecified atom stereocenters. The topological polar surface area (TPSA) is 37.0 Å². The molecule has 0 saturated carbocycles. The number of thiazole rings is 1. The number of likely N-dealkylation sites (N-methyl/N-ethyl adjacent to an activating group) is 2. The van der Waals surface area contributed by atoms with Crippen molar-refractivity contribution in [3.8, 4) is 0 Å². The van der Waals surface area contributed by atoms with E-state index >= 15 is 0 Å². The van der Waals surface area contributed by atoms with E-state index in [1.807, 2.05) is 14.1 Å². The zero-order valence-electron chi connectivity index (χ0n) is 14.4. The third kappa shape index (κ3) is 2.99. The maximum Gasteiger partial charge on any atom is 0.117 e. The van der Waals surface area contributed by atoms with E-state index in [1.54, 1.807) is 11.3 Å². The third-order valence-corrected chi connectivity index (χ3v) is 5.78. The molecule has 1 aromatic heterocycles. The zero-order chi connectivity index (χ0) is 17.3. The minimum absolute atomic E-state index is 0.153. The maximum absolute atomic E-state index is 4.87. The first-order valence-electron chi connectivity index (χ1n) is 8.47.